The molecule has 0 aromatic rings. The molecule has 0 rings (SSSR count). The van der Waals surface area contributed by atoms with Gasteiger partial charge in [0.15, 0.2) is 0 Å². The molecule has 0 spiro atoms. The lowest BCUT2D eigenvalue weighted by Gasteiger charge is -2.24. The molecule has 40 heavy (non-hydrogen) atoms. The van der Waals surface area contributed by atoms with Gasteiger partial charge in [-0.2, -0.15) is 0 Å². The maximum absolute atomic E-state index is 12.3. The van der Waals surface area contributed by atoms with E-state index in [1.54, 1.807) is 0 Å². The fourth-order valence-electron chi connectivity index (χ4n) is 3.74. The molecule has 2 unspecified atom stereocenters. The number of phosphoric ester groups is 1. The van der Waals surface area contributed by atoms with Crippen molar-refractivity contribution in [2.45, 2.75) is 116 Å². The summed E-state index contributed by atoms with van der Waals surface area (Å²) < 4.78 is 34.3. The smallest absolute Gasteiger partial charge is 0.457 e. The Balaban J connectivity index is 4.15. The first-order valence-corrected chi connectivity index (χ1v) is 17.1. The van der Waals surface area contributed by atoms with Gasteiger partial charge in [0.2, 0.25) is 0 Å². The highest BCUT2D eigenvalue weighted by molar-refractivity contribution is 7.47. The number of nitrogens with zero attached hydrogens (tertiary/aromatic N) is 1. The van der Waals surface area contributed by atoms with Crippen molar-refractivity contribution in [3.8, 4) is 0 Å². The molecule has 9 heteroatoms. The average Bonchev–Trinajstić information content (AvgIpc) is 2.88. The minimum Gasteiger partial charge on any atom is -0.457 e. The van der Waals surface area contributed by atoms with Crippen LogP contribution in [0, 0.1) is 0 Å². The molecule has 1 N–H and O–H groups in total. The zero-order valence-corrected chi connectivity index (χ0v) is 27.2. The van der Waals surface area contributed by atoms with E-state index in [1.807, 2.05) is 21.1 Å². The zero-order chi connectivity index (χ0) is 30.0. The molecule has 0 aliphatic heterocycles. The van der Waals surface area contributed by atoms with E-state index in [0.29, 0.717) is 24.1 Å². The van der Waals surface area contributed by atoms with Crippen LogP contribution < -0.4 is 0 Å². The summed E-state index contributed by atoms with van der Waals surface area (Å²) >= 11 is 0. The Hall–Kier alpha value is -1.02. The number of unbranched alkanes of at least 4 members (excludes halogenated alkanes) is 10. The molecular weight excluding hydrogens is 529 g/mol. The Kier molecular flexibility index (Phi) is 25.0. The van der Waals surface area contributed by atoms with Gasteiger partial charge in [-0.25, -0.2) is 4.57 Å². The summed E-state index contributed by atoms with van der Waals surface area (Å²) in [5.41, 5.74) is 0. The fraction of sp³-hybridized carbons (Fsp3) is 0.839. The molecule has 0 aromatic carbocycles. The first kappa shape index (κ1) is 39.0. The van der Waals surface area contributed by atoms with Gasteiger partial charge in [-0.15, -0.1) is 0 Å². The van der Waals surface area contributed by atoms with Crippen LogP contribution in [-0.2, 0) is 27.9 Å². The van der Waals surface area contributed by atoms with Crippen LogP contribution in [0.1, 0.15) is 110 Å². The number of ether oxygens (including phenoxy) is 2. The summed E-state index contributed by atoms with van der Waals surface area (Å²) in [5, 5.41) is 0. The largest absolute Gasteiger partial charge is 0.472 e. The lowest BCUT2D eigenvalue weighted by molar-refractivity contribution is -0.870. The number of quaternary nitrogens is 1. The number of phosphoric acid groups is 1. The number of carbonyl (C=O) groups excluding carboxylic acids is 1. The van der Waals surface area contributed by atoms with Gasteiger partial charge in [-0.05, 0) is 38.5 Å². The number of rotatable bonds is 28. The summed E-state index contributed by atoms with van der Waals surface area (Å²) in [6, 6.07) is 0. The highest BCUT2D eigenvalue weighted by atomic mass is 31.2. The van der Waals surface area contributed by atoms with Crippen molar-refractivity contribution in [2.24, 2.45) is 0 Å². The lowest BCUT2D eigenvalue weighted by Crippen LogP contribution is -2.37. The fourth-order valence-corrected chi connectivity index (χ4v) is 4.48. The number of hydrogen-bond acceptors (Lipinski definition) is 6. The summed E-state index contributed by atoms with van der Waals surface area (Å²) in [6.45, 7) is 5.36. The van der Waals surface area contributed by atoms with Crippen molar-refractivity contribution in [3.63, 3.8) is 0 Å². The third kappa shape index (κ3) is 28.5. The second-order valence-corrected chi connectivity index (χ2v) is 12.9. The second-order valence-electron chi connectivity index (χ2n) is 11.5. The Morgan fingerprint density at radius 2 is 1.40 bits per heavy atom. The van der Waals surface area contributed by atoms with Gasteiger partial charge < -0.3 is 18.9 Å². The van der Waals surface area contributed by atoms with Crippen molar-refractivity contribution < 1.29 is 37.3 Å². The average molecular weight is 591 g/mol. The maximum Gasteiger partial charge on any atom is 0.472 e. The van der Waals surface area contributed by atoms with E-state index < -0.39 is 13.9 Å². The van der Waals surface area contributed by atoms with Crippen LogP contribution in [-0.4, -0.2) is 75.6 Å². The number of likely N-dealkylation sites (N-methyl/N-ethyl adjacent to an activating group) is 1. The summed E-state index contributed by atoms with van der Waals surface area (Å²) in [6.07, 6.45) is 24.1. The third-order valence-electron chi connectivity index (χ3n) is 6.27. The maximum atomic E-state index is 12.3. The Morgan fingerprint density at radius 3 is 2.05 bits per heavy atom. The van der Waals surface area contributed by atoms with Crippen LogP contribution in [0.2, 0.25) is 0 Å². The molecule has 0 fully saturated rings. The Labute approximate surface area is 245 Å². The molecule has 8 nitrogen and oxygen atoms in total. The van der Waals surface area contributed by atoms with E-state index in [9.17, 15) is 14.3 Å². The molecule has 0 aliphatic rings. The molecule has 0 aromatic heterocycles. The molecule has 236 valence electrons. The van der Waals surface area contributed by atoms with Crippen LogP contribution in [0.4, 0.5) is 0 Å². The molecule has 0 heterocycles. The SMILES string of the molecule is CCCC/C=C\C/C=C\CCCCCCCCOCC(COP(=O)(O)OCC[N+](C)(C)C)OC(=O)CCCCC. The van der Waals surface area contributed by atoms with Crippen molar-refractivity contribution >= 4 is 13.8 Å². The van der Waals surface area contributed by atoms with Gasteiger partial charge in [0.05, 0.1) is 34.4 Å². The van der Waals surface area contributed by atoms with Crippen LogP contribution in [0.3, 0.4) is 0 Å². The molecule has 0 amide bonds. The first-order chi connectivity index (χ1) is 19.1. The number of carbonyl (C=O) groups is 1. The van der Waals surface area contributed by atoms with E-state index in [0.717, 1.165) is 44.9 Å². The van der Waals surface area contributed by atoms with E-state index in [2.05, 4.69) is 38.2 Å². The molecule has 0 radical (unpaired) electrons. The third-order valence-corrected chi connectivity index (χ3v) is 7.25. The molecule has 0 aliphatic carbocycles. The second kappa shape index (κ2) is 25.7. The van der Waals surface area contributed by atoms with E-state index in [4.69, 9.17) is 18.5 Å². The number of allylic oxidation sites excluding steroid dienone is 4. The van der Waals surface area contributed by atoms with Crippen molar-refractivity contribution in [2.75, 3.05) is 54.1 Å². The molecule has 0 saturated heterocycles. The molecule has 0 saturated carbocycles. The minimum absolute atomic E-state index is 0.0861. The normalized spacial score (nSPS) is 14.7. The van der Waals surface area contributed by atoms with Gasteiger partial charge in [0.1, 0.15) is 19.3 Å². The predicted octanol–water partition coefficient (Wildman–Crippen LogP) is 7.76. The highest BCUT2D eigenvalue weighted by Crippen LogP contribution is 2.43. The van der Waals surface area contributed by atoms with Crippen LogP contribution >= 0.6 is 7.82 Å². The zero-order valence-electron chi connectivity index (χ0n) is 26.3. The van der Waals surface area contributed by atoms with Crippen molar-refractivity contribution in [1.82, 2.24) is 0 Å². The lowest BCUT2D eigenvalue weighted by atomic mass is 10.1. The summed E-state index contributed by atoms with van der Waals surface area (Å²) in [4.78, 5) is 22.2. The number of esters is 1. The quantitative estimate of drug-likeness (QED) is 0.0327. The van der Waals surface area contributed by atoms with Crippen LogP contribution in [0.5, 0.6) is 0 Å². The molecule has 0 bridgehead atoms. The first-order valence-electron chi connectivity index (χ1n) is 15.6. The van der Waals surface area contributed by atoms with E-state index in [-0.39, 0.29) is 25.8 Å². The van der Waals surface area contributed by atoms with Crippen molar-refractivity contribution in [3.05, 3.63) is 24.3 Å². The topological polar surface area (TPSA) is 91.3 Å². The van der Waals surface area contributed by atoms with E-state index >= 15 is 0 Å². The highest BCUT2D eigenvalue weighted by Gasteiger charge is 2.26. The van der Waals surface area contributed by atoms with Gasteiger partial charge in [-0.3, -0.25) is 13.8 Å². The van der Waals surface area contributed by atoms with Gasteiger partial charge in [0.25, 0.3) is 0 Å². The van der Waals surface area contributed by atoms with Gasteiger partial charge in [-0.1, -0.05) is 89.5 Å². The summed E-state index contributed by atoms with van der Waals surface area (Å²) in [5.74, 6) is -0.345. The summed E-state index contributed by atoms with van der Waals surface area (Å²) in [7, 11) is 1.65. The standard InChI is InChI=1S/C31H60NO7P/c1-6-8-10-11-12-13-14-15-16-17-18-19-20-21-23-26-36-28-30(39-31(33)24-22-9-7-2)29-38-40(34,35)37-27-25-32(3,4)5/h11-12,14-15,30H,6-10,13,16-29H2,1-5H3/p+1/b12-11-,15-14-. The Morgan fingerprint density at radius 1 is 0.775 bits per heavy atom. The van der Waals surface area contributed by atoms with Gasteiger partial charge in [0, 0.05) is 13.0 Å². The van der Waals surface area contributed by atoms with E-state index in [1.165, 1.54) is 44.9 Å². The van der Waals surface area contributed by atoms with Crippen LogP contribution in [0.25, 0.3) is 0 Å². The number of hydrogen-bond donors (Lipinski definition) is 1. The van der Waals surface area contributed by atoms with Gasteiger partial charge >= 0.3 is 13.8 Å². The van der Waals surface area contributed by atoms with Crippen molar-refractivity contribution in [1.29, 1.82) is 0 Å². The predicted molar refractivity (Wildman–Crippen MR) is 164 cm³/mol. The molecular formula is C31H61NO7P+. The Bertz CT molecular complexity index is 706. The monoisotopic (exact) mass is 590 g/mol. The molecule has 2 atom stereocenters. The van der Waals surface area contributed by atoms with Crippen LogP contribution in [0.15, 0.2) is 24.3 Å². The minimum atomic E-state index is -4.24.